The monoisotopic (exact) mass is 322 g/mol. The third-order valence-corrected chi connectivity index (χ3v) is 4.80. The van der Waals surface area contributed by atoms with Crippen molar-refractivity contribution < 1.29 is 4.79 Å². The van der Waals surface area contributed by atoms with Crippen molar-refractivity contribution in [3.8, 4) is 0 Å². The van der Waals surface area contributed by atoms with Gasteiger partial charge in [-0.3, -0.25) is 4.79 Å². The minimum atomic E-state index is 0.184. The number of carbonyl (C=O) groups excluding carboxylic acids is 1. The fraction of sp³-hybridized carbons (Fsp3) is 0.381. The van der Waals surface area contributed by atoms with Gasteiger partial charge in [-0.15, -0.1) is 0 Å². The normalized spacial score (nSPS) is 17.1. The fourth-order valence-corrected chi connectivity index (χ4v) is 3.48. The predicted octanol–water partition coefficient (Wildman–Crippen LogP) is 3.32. The summed E-state index contributed by atoms with van der Waals surface area (Å²) in [4.78, 5) is 12.1. The predicted molar refractivity (Wildman–Crippen MR) is 97.9 cm³/mol. The summed E-state index contributed by atoms with van der Waals surface area (Å²) < 4.78 is 0. The van der Waals surface area contributed by atoms with Crippen molar-refractivity contribution in [2.75, 3.05) is 19.6 Å². The lowest BCUT2D eigenvalue weighted by Crippen LogP contribution is -2.28. The first-order valence-electron chi connectivity index (χ1n) is 8.90. The van der Waals surface area contributed by atoms with E-state index in [1.54, 1.807) is 0 Å². The van der Waals surface area contributed by atoms with E-state index in [2.05, 4.69) is 59.2 Å². The van der Waals surface area contributed by atoms with Crippen LogP contribution in [0.1, 0.15) is 36.3 Å². The summed E-state index contributed by atoms with van der Waals surface area (Å²) in [7, 11) is 0. The summed E-state index contributed by atoms with van der Waals surface area (Å²) in [6, 6.07) is 21.1. The summed E-state index contributed by atoms with van der Waals surface area (Å²) >= 11 is 0. The summed E-state index contributed by atoms with van der Waals surface area (Å²) in [6.07, 6.45) is 2.68. The summed E-state index contributed by atoms with van der Waals surface area (Å²) in [5.41, 5.74) is 2.61. The highest BCUT2D eigenvalue weighted by Gasteiger charge is 2.18. The second-order valence-electron chi connectivity index (χ2n) is 6.58. The molecule has 1 aliphatic heterocycles. The molecule has 3 nitrogen and oxygen atoms in total. The van der Waals surface area contributed by atoms with E-state index < -0.39 is 0 Å². The van der Waals surface area contributed by atoms with Crippen LogP contribution in [-0.2, 0) is 4.79 Å². The quantitative estimate of drug-likeness (QED) is 0.821. The van der Waals surface area contributed by atoms with Crippen molar-refractivity contribution in [1.29, 1.82) is 0 Å². The second-order valence-corrected chi connectivity index (χ2v) is 6.58. The maximum atomic E-state index is 12.1. The third kappa shape index (κ3) is 4.68. The Bertz CT molecular complexity index is 581. The molecule has 1 amide bonds. The van der Waals surface area contributed by atoms with E-state index in [1.165, 1.54) is 11.1 Å². The van der Waals surface area contributed by atoms with Gasteiger partial charge in [0.25, 0.3) is 0 Å². The molecule has 1 saturated heterocycles. The third-order valence-electron chi connectivity index (χ3n) is 4.80. The summed E-state index contributed by atoms with van der Waals surface area (Å²) in [6.45, 7) is 2.74. The van der Waals surface area contributed by atoms with Crippen LogP contribution in [0.4, 0.5) is 0 Å². The lowest BCUT2D eigenvalue weighted by molar-refractivity contribution is -0.121. The van der Waals surface area contributed by atoms with Crippen molar-refractivity contribution in [3.63, 3.8) is 0 Å². The molecule has 24 heavy (non-hydrogen) atoms. The first-order chi connectivity index (χ1) is 11.8. The van der Waals surface area contributed by atoms with E-state index in [0.29, 0.717) is 24.8 Å². The largest absolute Gasteiger partial charge is 0.356 e. The Labute approximate surface area is 144 Å². The van der Waals surface area contributed by atoms with Crippen molar-refractivity contribution >= 4 is 5.91 Å². The van der Waals surface area contributed by atoms with E-state index in [4.69, 9.17) is 0 Å². The van der Waals surface area contributed by atoms with Crippen molar-refractivity contribution in [3.05, 3.63) is 71.8 Å². The van der Waals surface area contributed by atoms with Crippen molar-refractivity contribution in [2.24, 2.45) is 5.92 Å². The summed E-state index contributed by atoms with van der Waals surface area (Å²) in [5, 5.41) is 6.43. The van der Waals surface area contributed by atoms with Crippen LogP contribution in [0, 0.1) is 5.92 Å². The number of benzene rings is 2. The first kappa shape index (κ1) is 16.7. The van der Waals surface area contributed by atoms with E-state index in [0.717, 1.165) is 25.9 Å². The van der Waals surface area contributed by atoms with Gasteiger partial charge in [0.05, 0.1) is 0 Å². The van der Waals surface area contributed by atoms with Gasteiger partial charge in [0, 0.05) is 18.9 Å². The SMILES string of the molecule is O=C(C[C@@H]1CCNC1)NCCC(c1ccccc1)c1ccccc1. The van der Waals surface area contributed by atoms with Crippen LogP contribution in [0.25, 0.3) is 0 Å². The van der Waals surface area contributed by atoms with Crippen LogP contribution in [0.2, 0.25) is 0 Å². The highest BCUT2D eigenvalue weighted by atomic mass is 16.1. The number of carbonyl (C=O) groups is 1. The zero-order valence-corrected chi connectivity index (χ0v) is 14.1. The lowest BCUT2D eigenvalue weighted by Gasteiger charge is -2.19. The van der Waals surface area contributed by atoms with Crippen LogP contribution in [0.5, 0.6) is 0 Å². The molecule has 0 aliphatic carbocycles. The molecule has 1 aliphatic rings. The molecule has 126 valence electrons. The zero-order valence-electron chi connectivity index (χ0n) is 14.1. The van der Waals surface area contributed by atoms with Gasteiger partial charge in [0.1, 0.15) is 0 Å². The van der Waals surface area contributed by atoms with Gasteiger partial charge in [0.2, 0.25) is 5.91 Å². The molecular formula is C21H26N2O. The van der Waals surface area contributed by atoms with Gasteiger partial charge in [-0.1, -0.05) is 60.7 Å². The maximum absolute atomic E-state index is 12.1. The maximum Gasteiger partial charge on any atom is 0.220 e. The van der Waals surface area contributed by atoms with Crippen molar-refractivity contribution in [2.45, 2.75) is 25.2 Å². The Morgan fingerprint density at radius 3 is 2.21 bits per heavy atom. The van der Waals surface area contributed by atoms with Gasteiger partial charge in [-0.25, -0.2) is 0 Å². The molecule has 2 aromatic carbocycles. The number of rotatable bonds is 7. The van der Waals surface area contributed by atoms with Gasteiger partial charge in [-0.05, 0) is 43.0 Å². The lowest BCUT2D eigenvalue weighted by atomic mass is 9.88. The van der Waals surface area contributed by atoms with Crippen LogP contribution in [-0.4, -0.2) is 25.5 Å². The molecule has 0 unspecified atom stereocenters. The molecule has 2 aromatic rings. The van der Waals surface area contributed by atoms with E-state index in [1.807, 2.05) is 12.1 Å². The Kier molecular flexibility index (Phi) is 6.02. The van der Waals surface area contributed by atoms with Crippen LogP contribution in [0.3, 0.4) is 0 Å². The molecule has 3 rings (SSSR count). The molecule has 0 aromatic heterocycles. The topological polar surface area (TPSA) is 41.1 Å². The summed E-state index contributed by atoms with van der Waals surface area (Å²) in [5.74, 6) is 1.01. The Balaban J connectivity index is 1.57. The van der Waals surface area contributed by atoms with Gasteiger partial charge < -0.3 is 10.6 Å². The smallest absolute Gasteiger partial charge is 0.220 e. The van der Waals surface area contributed by atoms with Crippen LogP contribution >= 0.6 is 0 Å². The standard InChI is InChI=1S/C21H26N2O/c24-21(15-17-11-13-22-16-17)23-14-12-20(18-7-3-1-4-8-18)19-9-5-2-6-10-19/h1-10,17,20,22H,11-16H2,(H,23,24)/t17-/m0/s1. The van der Waals surface area contributed by atoms with Crippen molar-refractivity contribution in [1.82, 2.24) is 10.6 Å². The molecule has 0 spiro atoms. The van der Waals surface area contributed by atoms with Gasteiger partial charge >= 0.3 is 0 Å². The number of hydrogen-bond acceptors (Lipinski definition) is 2. The fourth-order valence-electron chi connectivity index (χ4n) is 3.48. The second kappa shape index (κ2) is 8.65. The number of nitrogens with one attached hydrogen (secondary N) is 2. The van der Waals surface area contributed by atoms with Gasteiger partial charge in [-0.2, -0.15) is 0 Å². The number of amides is 1. The Morgan fingerprint density at radius 1 is 1.04 bits per heavy atom. The average Bonchev–Trinajstić information content (AvgIpc) is 3.13. The van der Waals surface area contributed by atoms with Crippen LogP contribution < -0.4 is 10.6 Å². The molecule has 0 saturated carbocycles. The van der Waals surface area contributed by atoms with Crippen LogP contribution in [0.15, 0.2) is 60.7 Å². The average molecular weight is 322 g/mol. The van der Waals surface area contributed by atoms with E-state index >= 15 is 0 Å². The minimum Gasteiger partial charge on any atom is -0.356 e. The number of hydrogen-bond donors (Lipinski definition) is 2. The molecule has 1 atom stereocenters. The first-order valence-corrected chi connectivity index (χ1v) is 8.90. The van der Waals surface area contributed by atoms with E-state index in [9.17, 15) is 4.79 Å². The molecule has 1 heterocycles. The highest BCUT2D eigenvalue weighted by Crippen LogP contribution is 2.27. The molecule has 0 radical (unpaired) electrons. The van der Waals surface area contributed by atoms with E-state index in [-0.39, 0.29) is 5.91 Å². The highest BCUT2D eigenvalue weighted by molar-refractivity contribution is 5.76. The Hall–Kier alpha value is -2.13. The zero-order chi connectivity index (χ0) is 16.6. The molecule has 2 N–H and O–H groups in total. The molecule has 3 heteroatoms. The molecule has 1 fully saturated rings. The Morgan fingerprint density at radius 2 is 1.67 bits per heavy atom. The molecular weight excluding hydrogens is 296 g/mol. The van der Waals surface area contributed by atoms with Gasteiger partial charge in [0.15, 0.2) is 0 Å². The molecule has 0 bridgehead atoms. The minimum absolute atomic E-state index is 0.184.